The van der Waals surface area contributed by atoms with E-state index >= 15 is 0 Å². The minimum absolute atomic E-state index is 0.351. The monoisotopic (exact) mass is 534 g/mol. The summed E-state index contributed by atoms with van der Waals surface area (Å²) in [5, 5.41) is 0. The third-order valence-corrected chi connectivity index (χ3v) is 9.09. The van der Waals surface area contributed by atoms with Gasteiger partial charge in [0.1, 0.15) is 11.5 Å². The highest BCUT2D eigenvalue weighted by Crippen LogP contribution is 2.65. The molecule has 3 aliphatic carbocycles. The lowest BCUT2D eigenvalue weighted by Gasteiger charge is -2.53. The summed E-state index contributed by atoms with van der Waals surface area (Å²) in [6, 6.07) is 22.9. The zero-order valence-electron chi connectivity index (χ0n) is 21.9. The van der Waals surface area contributed by atoms with Crippen molar-refractivity contribution in [2.75, 3.05) is 24.0 Å². The Hall–Kier alpha value is -4.72. The van der Waals surface area contributed by atoms with E-state index in [0.29, 0.717) is 22.9 Å². The summed E-state index contributed by atoms with van der Waals surface area (Å²) in [5.41, 5.74) is 0.462. The van der Waals surface area contributed by atoms with Gasteiger partial charge in [-0.05, 0) is 54.1 Å². The summed E-state index contributed by atoms with van der Waals surface area (Å²) in [6.45, 7) is 0. The topological polar surface area (TPSA) is 93.2 Å². The second kappa shape index (κ2) is 8.64. The van der Waals surface area contributed by atoms with Crippen LogP contribution in [0.2, 0.25) is 0 Å². The molecule has 6 atom stereocenters. The van der Waals surface area contributed by atoms with Crippen LogP contribution in [0, 0.1) is 29.6 Å². The second-order valence-electron chi connectivity index (χ2n) is 10.7. The maximum atomic E-state index is 14.3. The van der Waals surface area contributed by atoms with Gasteiger partial charge in [0.05, 0.1) is 49.3 Å². The molecule has 0 spiro atoms. The molecule has 8 nitrogen and oxygen atoms in total. The van der Waals surface area contributed by atoms with E-state index in [1.165, 1.54) is 9.80 Å². The van der Waals surface area contributed by atoms with Crippen LogP contribution < -0.4 is 19.3 Å². The molecule has 3 fully saturated rings. The molecule has 0 aromatic heterocycles. The first-order chi connectivity index (χ1) is 19.4. The van der Waals surface area contributed by atoms with Crippen LogP contribution in [0.4, 0.5) is 11.4 Å². The Morgan fingerprint density at radius 3 is 1.48 bits per heavy atom. The molecule has 2 heterocycles. The van der Waals surface area contributed by atoms with Crippen molar-refractivity contribution in [1.29, 1.82) is 0 Å². The molecule has 1 saturated carbocycles. The average Bonchev–Trinajstić information content (AvgIpc) is 3.44. The number of hydrogen-bond donors (Lipinski definition) is 0. The Balaban J connectivity index is 1.39. The number of methoxy groups -OCH3 is 2. The third kappa shape index (κ3) is 3.01. The molecule has 2 bridgehead atoms. The van der Waals surface area contributed by atoms with Gasteiger partial charge < -0.3 is 9.47 Å². The number of imide groups is 2. The lowest BCUT2D eigenvalue weighted by Crippen LogP contribution is -2.60. The van der Waals surface area contributed by atoms with E-state index in [2.05, 4.69) is 0 Å². The van der Waals surface area contributed by atoms with Crippen LogP contribution in [0.5, 0.6) is 11.5 Å². The molecule has 2 aliphatic heterocycles. The minimum Gasteiger partial charge on any atom is -0.497 e. The summed E-state index contributed by atoms with van der Waals surface area (Å²) in [4.78, 5) is 59.2. The number of anilines is 2. The summed E-state index contributed by atoms with van der Waals surface area (Å²) >= 11 is 0. The van der Waals surface area contributed by atoms with Gasteiger partial charge in [0.15, 0.2) is 0 Å². The van der Waals surface area contributed by atoms with Crippen molar-refractivity contribution in [2.24, 2.45) is 29.6 Å². The molecule has 0 N–H and O–H groups in total. The molecule has 0 radical (unpaired) electrons. The van der Waals surface area contributed by atoms with Crippen molar-refractivity contribution in [1.82, 2.24) is 0 Å². The predicted octanol–water partition coefficient (Wildman–Crippen LogP) is 3.75. The van der Waals surface area contributed by atoms with Crippen molar-refractivity contribution >= 4 is 35.0 Å². The summed E-state index contributed by atoms with van der Waals surface area (Å²) in [5.74, 6) is -3.99. The second-order valence-corrected chi connectivity index (χ2v) is 10.7. The Kier molecular flexibility index (Phi) is 5.26. The molecule has 2 unspecified atom stereocenters. The number of rotatable bonds is 5. The Morgan fingerprint density at radius 2 is 1.05 bits per heavy atom. The normalized spacial score (nSPS) is 30.1. The van der Waals surface area contributed by atoms with Crippen LogP contribution in [-0.4, -0.2) is 37.8 Å². The Labute approximate surface area is 230 Å². The highest BCUT2D eigenvalue weighted by atomic mass is 16.5. The lowest BCUT2D eigenvalue weighted by molar-refractivity contribution is -0.140. The lowest BCUT2D eigenvalue weighted by atomic mass is 9.45. The number of nitrogens with zero attached hydrogens (tertiary/aromatic N) is 2. The van der Waals surface area contributed by atoms with Crippen LogP contribution in [0.3, 0.4) is 0 Å². The van der Waals surface area contributed by atoms with E-state index in [1.54, 1.807) is 62.8 Å². The summed E-state index contributed by atoms with van der Waals surface area (Å²) in [6.07, 6.45) is 3.81. The van der Waals surface area contributed by atoms with E-state index < -0.39 is 35.0 Å². The predicted molar refractivity (Wildman–Crippen MR) is 146 cm³/mol. The van der Waals surface area contributed by atoms with E-state index in [4.69, 9.17) is 9.47 Å². The van der Waals surface area contributed by atoms with E-state index in [1.807, 2.05) is 42.5 Å². The first-order valence-corrected chi connectivity index (χ1v) is 13.2. The van der Waals surface area contributed by atoms with Gasteiger partial charge in [-0.1, -0.05) is 42.5 Å². The molecule has 8 heteroatoms. The quantitative estimate of drug-likeness (QED) is 0.366. The average molecular weight is 535 g/mol. The molecule has 4 amide bonds. The number of carbonyl (C=O) groups excluding carboxylic acids is 4. The highest BCUT2D eigenvalue weighted by Gasteiger charge is 2.75. The molecule has 40 heavy (non-hydrogen) atoms. The molecular weight excluding hydrogens is 508 g/mol. The number of hydrogen-bond acceptors (Lipinski definition) is 6. The van der Waals surface area contributed by atoms with Gasteiger partial charge in [-0.2, -0.15) is 0 Å². The Bertz CT molecular complexity index is 1490. The Morgan fingerprint density at radius 1 is 0.600 bits per heavy atom. The van der Waals surface area contributed by atoms with Gasteiger partial charge in [0, 0.05) is 11.3 Å². The van der Waals surface area contributed by atoms with Gasteiger partial charge in [-0.15, -0.1) is 0 Å². The van der Waals surface area contributed by atoms with Crippen LogP contribution >= 0.6 is 0 Å². The maximum Gasteiger partial charge on any atom is 0.238 e. The zero-order valence-corrected chi connectivity index (χ0v) is 21.9. The number of amides is 4. The first kappa shape index (κ1) is 24.3. The van der Waals surface area contributed by atoms with Crippen LogP contribution in [-0.2, 0) is 24.6 Å². The van der Waals surface area contributed by atoms with Crippen molar-refractivity contribution < 1.29 is 28.7 Å². The summed E-state index contributed by atoms with van der Waals surface area (Å²) < 4.78 is 10.5. The molecule has 5 aliphatic rings. The number of allylic oxidation sites excluding steroid dienone is 2. The van der Waals surface area contributed by atoms with E-state index in [-0.39, 0.29) is 23.6 Å². The fraction of sp³-hybridized carbons (Fsp3) is 0.250. The van der Waals surface area contributed by atoms with Gasteiger partial charge in [0.2, 0.25) is 23.6 Å². The zero-order chi connectivity index (χ0) is 27.8. The smallest absolute Gasteiger partial charge is 0.238 e. The minimum atomic E-state index is -1.16. The fourth-order valence-corrected chi connectivity index (χ4v) is 7.45. The number of ether oxygens (including phenoxy) is 2. The number of benzene rings is 3. The molecule has 3 aromatic carbocycles. The van der Waals surface area contributed by atoms with Crippen LogP contribution in [0.15, 0.2) is 91.0 Å². The van der Waals surface area contributed by atoms with Crippen molar-refractivity contribution in [3.8, 4) is 11.5 Å². The van der Waals surface area contributed by atoms with Crippen molar-refractivity contribution in [3.05, 3.63) is 96.6 Å². The van der Waals surface area contributed by atoms with Crippen LogP contribution in [0.1, 0.15) is 5.56 Å². The molecule has 200 valence electrons. The van der Waals surface area contributed by atoms with Gasteiger partial charge in [-0.25, -0.2) is 9.80 Å². The highest BCUT2D eigenvalue weighted by molar-refractivity contribution is 6.27. The van der Waals surface area contributed by atoms with Gasteiger partial charge in [-0.3, -0.25) is 19.2 Å². The summed E-state index contributed by atoms with van der Waals surface area (Å²) in [7, 11) is 3.09. The molecule has 3 aromatic rings. The third-order valence-electron chi connectivity index (χ3n) is 9.09. The SMILES string of the molecule is COc1ccc(N2C(=O)[C@@H]3[C@@H](C2=O)C2C=CC3(c3ccccc3)[C@H]3C(=O)N(c4ccc(OC)cc4)C(=O)[C@@H]23)cc1. The molecular formula is C32H26N2O6. The van der Waals surface area contributed by atoms with Gasteiger partial charge >= 0.3 is 0 Å². The maximum absolute atomic E-state index is 14.3. The largest absolute Gasteiger partial charge is 0.497 e. The van der Waals surface area contributed by atoms with Crippen molar-refractivity contribution in [3.63, 3.8) is 0 Å². The number of carbonyl (C=O) groups is 4. The molecule has 8 rings (SSSR count). The van der Waals surface area contributed by atoms with E-state index in [9.17, 15) is 19.2 Å². The first-order valence-electron chi connectivity index (χ1n) is 13.2. The molecule has 2 saturated heterocycles. The van der Waals surface area contributed by atoms with Gasteiger partial charge in [0.25, 0.3) is 0 Å². The van der Waals surface area contributed by atoms with E-state index in [0.717, 1.165) is 5.56 Å². The fourth-order valence-electron chi connectivity index (χ4n) is 7.45. The standard InChI is InChI=1S/C32H26N2O6/c1-39-21-12-8-19(9-13-21)33-28(35)24-23-16-17-32(26(24)30(33)37,18-6-4-3-5-7-18)27-25(23)29(36)34(31(27)38)20-10-14-22(40-2)15-11-20/h3-17,23-27H,1-2H3/t23?,24-,25-,26-,27+,32?/m0/s1. The van der Waals surface area contributed by atoms with Crippen LogP contribution in [0.25, 0.3) is 0 Å². The van der Waals surface area contributed by atoms with Crippen molar-refractivity contribution in [2.45, 2.75) is 5.41 Å².